The summed E-state index contributed by atoms with van der Waals surface area (Å²) in [6.07, 6.45) is 0. The molecule has 4 nitrogen and oxygen atoms in total. The largest absolute Gasteiger partial charge is 0.508 e. The summed E-state index contributed by atoms with van der Waals surface area (Å²) in [6, 6.07) is 6.11. The van der Waals surface area contributed by atoms with E-state index in [0.717, 1.165) is 0 Å². The summed E-state index contributed by atoms with van der Waals surface area (Å²) in [4.78, 5) is 11.1. The lowest BCUT2D eigenvalue weighted by atomic mass is 10.0. The standard InChI is InChI=1S/C13H19NO3/c1-8(2)12(13(16)17)14-9(3)10-6-4-5-7-11(10)15/h4-9,12,14-15H,1-3H3,(H,16,17). The summed E-state index contributed by atoms with van der Waals surface area (Å²) in [5.74, 6) is -0.705. The Hall–Kier alpha value is -1.55. The van der Waals surface area contributed by atoms with Crippen LogP contribution >= 0.6 is 0 Å². The average Bonchev–Trinajstić information content (AvgIpc) is 2.25. The van der Waals surface area contributed by atoms with Gasteiger partial charge in [-0.3, -0.25) is 10.1 Å². The number of carboxylic acid groups (broad SMARTS) is 1. The highest BCUT2D eigenvalue weighted by Gasteiger charge is 2.24. The molecule has 0 saturated carbocycles. The molecule has 17 heavy (non-hydrogen) atoms. The van der Waals surface area contributed by atoms with Gasteiger partial charge in [0.2, 0.25) is 0 Å². The van der Waals surface area contributed by atoms with Crippen LogP contribution in [0.1, 0.15) is 32.4 Å². The molecule has 0 spiro atoms. The molecule has 0 saturated heterocycles. The zero-order valence-electron chi connectivity index (χ0n) is 10.3. The number of phenols is 1. The fraction of sp³-hybridized carbons (Fsp3) is 0.462. The number of aromatic hydroxyl groups is 1. The van der Waals surface area contributed by atoms with E-state index >= 15 is 0 Å². The third-order valence-corrected chi connectivity index (χ3v) is 2.77. The first kappa shape index (κ1) is 13.5. The molecule has 1 aromatic rings. The van der Waals surface area contributed by atoms with E-state index in [-0.39, 0.29) is 17.7 Å². The Morgan fingerprint density at radius 3 is 2.29 bits per heavy atom. The number of hydrogen-bond donors (Lipinski definition) is 3. The van der Waals surface area contributed by atoms with Gasteiger partial charge < -0.3 is 10.2 Å². The van der Waals surface area contributed by atoms with E-state index in [1.807, 2.05) is 26.8 Å². The predicted molar refractivity (Wildman–Crippen MR) is 65.9 cm³/mol. The summed E-state index contributed by atoms with van der Waals surface area (Å²) >= 11 is 0. The van der Waals surface area contributed by atoms with Crippen molar-refractivity contribution in [3.63, 3.8) is 0 Å². The molecule has 3 N–H and O–H groups in total. The van der Waals surface area contributed by atoms with Crippen molar-refractivity contribution >= 4 is 5.97 Å². The molecule has 0 bridgehead atoms. The van der Waals surface area contributed by atoms with Crippen molar-refractivity contribution in [3.8, 4) is 5.75 Å². The smallest absolute Gasteiger partial charge is 0.320 e. The molecule has 4 heteroatoms. The van der Waals surface area contributed by atoms with E-state index in [0.29, 0.717) is 5.56 Å². The van der Waals surface area contributed by atoms with Gasteiger partial charge in [-0.05, 0) is 18.9 Å². The third-order valence-electron chi connectivity index (χ3n) is 2.77. The molecule has 0 heterocycles. The lowest BCUT2D eigenvalue weighted by molar-refractivity contribution is -0.140. The van der Waals surface area contributed by atoms with Crippen LogP contribution in [0.5, 0.6) is 5.75 Å². The lowest BCUT2D eigenvalue weighted by Crippen LogP contribution is -2.42. The molecule has 2 unspecified atom stereocenters. The third kappa shape index (κ3) is 3.46. The normalized spacial score (nSPS) is 14.6. The molecular formula is C13H19NO3. The maximum Gasteiger partial charge on any atom is 0.320 e. The highest BCUT2D eigenvalue weighted by molar-refractivity contribution is 5.73. The molecule has 0 amide bonds. The van der Waals surface area contributed by atoms with Gasteiger partial charge in [-0.15, -0.1) is 0 Å². The minimum atomic E-state index is -0.873. The number of para-hydroxylation sites is 1. The quantitative estimate of drug-likeness (QED) is 0.734. The van der Waals surface area contributed by atoms with Gasteiger partial charge in [0.25, 0.3) is 0 Å². The van der Waals surface area contributed by atoms with Crippen molar-refractivity contribution in [2.75, 3.05) is 0 Å². The van der Waals surface area contributed by atoms with Crippen molar-refractivity contribution in [3.05, 3.63) is 29.8 Å². The Morgan fingerprint density at radius 1 is 1.24 bits per heavy atom. The zero-order chi connectivity index (χ0) is 13.0. The summed E-state index contributed by atoms with van der Waals surface area (Å²) < 4.78 is 0. The molecule has 0 aliphatic rings. The van der Waals surface area contributed by atoms with Crippen LogP contribution < -0.4 is 5.32 Å². The lowest BCUT2D eigenvalue weighted by Gasteiger charge is -2.23. The van der Waals surface area contributed by atoms with Crippen LogP contribution in [-0.4, -0.2) is 22.2 Å². The van der Waals surface area contributed by atoms with Gasteiger partial charge in [0.15, 0.2) is 0 Å². The molecule has 0 fully saturated rings. The molecular weight excluding hydrogens is 218 g/mol. The fourth-order valence-corrected chi connectivity index (χ4v) is 1.76. The highest BCUT2D eigenvalue weighted by atomic mass is 16.4. The number of rotatable bonds is 5. The minimum Gasteiger partial charge on any atom is -0.508 e. The number of aliphatic carboxylic acids is 1. The van der Waals surface area contributed by atoms with Crippen LogP contribution in [0.15, 0.2) is 24.3 Å². The second-order valence-corrected chi connectivity index (χ2v) is 4.51. The zero-order valence-corrected chi connectivity index (χ0v) is 10.3. The number of nitrogens with one attached hydrogen (secondary N) is 1. The van der Waals surface area contributed by atoms with E-state index in [1.165, 1.54) is 0 Å². The number of benzene rings is 1. The van der Waals surface area contributed by atoms with Gasteiger partial charge in [0.05, 0.1) is 0 Å². The minimum absolute atomic E-state index is 0.0131. The van der Waals surface area contributed by atoms with Crippen molar-refractivity contribution in [2.45, 2.75) is 32.9 Å². The molecule has 2 atom stereocenters. The van der Waals surface area contributed by atoms with E-state index < -0.39 is 12.0 Å². The van der Waals surface area contributed by atoms with Gasteiger partial charge in [-0.25, -0.2) is 0 Å². The van der Waals surface area contributed by atoms with E-state index in [9.17, 15) is 9.90 Å². The highest BCUT2D eigenvalue weighted by Crippen LogP contribution is 2.24. The first-order valence-corrected chi connectivity index (χ1v) is 5.70. The summed E-state index contributed by atoms with van der Waals surface area (Å²) in [6.45, 7) is 5.54. The van der Waals surface area contributed by atoms with Crippen molar-refractivity contribution < 1.29 is 15.0 Å². The molecule has 0 radical (unpaired) electrons. The first-order chi connectivity index (χ1) is 7.93. The van der Waals surface area contributed by atoms with Crippen LogP contribution in [0.3, 0.4) is 0 Å². The summed E-state index contributed by atoms with van der Waals surface area (Å²) in [5, 5.41) is 21.8. The number of phenolic OH excluding ortho intramolecular Hbond substituents is 1. The van der Waals surface area contributed by atoms with Crippen molar-refractivity contribution in [1.29, 1.82) is 0 Å². The Kier molecular flexibility index (Phi) is 4.52. The average molecular weight is 237 g/mol. The SMILES string of the molecule is CC(NC(C(=O)O)C(C)C)c1ccccc1O. The summed E-state index contributed by atoms with van der Waals surface area (Å²) in [5.41, 5.74) is 0.708. The molecule has 1 rings (SSSR count). The Balaban J connectivity index is 2.81. The van der Waals surface area contributed by atoms with Crippen molar-refractivity contribution in [2.24, 2.45) is 5.92 Å². The van der Waals surface area contributed by atoms with Crippen LogP contribution in [0, 0.1) is 5.92 Å². The maximum absolute atomic E-state index is 11.1. The Morgan fingerprint density at radius 2 is 1.82 bits per heavy atom. The molecule has 1 aromatic carbocycles. The van der Waals surface area contributed by atoms with Crippen molar-refractivity contribution in [1.82, 2.24) is 5.32 Å². The molecule has 0 aliphatic carbocycles. The fourth-order valence-electron chi connectivity index (χ4n) is 1.76. The first-order valence-electron chi connectivity index (χ1n) is 5.70. The number of carbonyl (C=O) groups is 1. The van der Waals surface area contributed by atoms with Gasteiger partial charge >= 0.3 is 5.97 Å². The maximum atomic E-state index is 11.1. The van der Waals surface area contributed by atoms with Gasteiger partial charge in [-0.2, -0.15) is 0 Å². The van der Waals surface area contributed by atoms with Crippen LogP contribution in [-0.2, 0) is 4.79 Å². The van der Waals surface area contributed by atoms with Gasteiger partial charge in [0, 0.05) is 11.6 Å². The van der Waals surface area contributed by atoms with Crippen LogP contribution in [0.2, 0.25) is 0 Å². The van der Waals surface area contributed by atoms with E-state index in [4.69, 9.17) is 5.11 Å². The van der Waals surface area contributed by atoms with Crippen LogP contribution in [0.25, 0.3) is 0 Å². The second kappa shape index (κ2) is 5.68. The monoisotopic (exact) mass is 237 g/mol. The number of carboxylic acids is 1. The van der Waals surface area contributed by atoms with E-state index in [1.54, 1.807) is 18.2 Å². The Labute approximate surface area is 101 Å². The number of hydrogen-bond acceptors (Lipinski definition) is 3. The second-order valence-electron chi connectivity index (χ2n) is 4.51. The molecule has 94 valence electrons. The predicted octanol–water partition coefficient (Wildman–Crippen LogP) is 2.15. The van der Waals surface area contributed by atoms with E-state index in [2.05, 4.69) is 5.32 Å². The topological polar surface area (TPSA) is 69.6 Å². The Bertz CT molecular complexity index is 390. The summed E-state index contributed by atoms with van der Waals surface area (Å²) in [7, 11) is 0. The molecule has 0 aromatic heterocycles. The van der Waals surface area contributed by atoms with Crippen LogP contribution in [0.4, 0.5) is 0 Å². The van der Waals surface area contributed by atoms with Gasteiger partial charge in [-0.1, -0.05) is 32.0 Å². The molecule has 0 aliphatic heterocycles. The van der Waals surface area contributed by atoms with Gasteiger partial charge in [0.1, 0.15) is 11.8 Å².